The van der Waals surface area contributed by atoms with E-state index in [9.17, 15) is 0 Å². The van der Waals surface area contributed by atoms with E-state index in [0.29, 0.717) is 18.6 Å². The summed E-state index contributed by atoms with van der Waals surface area (Å²) in [5.41, 5.74) is 0. The SMILES string of the molecule is CC(CO)CCCNC(c1cccs1)C1CC1. The van der Waals surface area contributed by atoms with E-state index in [-0.39, 0.29) is 0 Å². The molecule has 2 unspecified atom stereocenters. The van der Waals surface area contributed by atoms with Gasteiger partial charge in [-0.1, -0.05) is 13.0 Å². The molecule has 1 aliphatic carbocycles. The predicted molar refractivity (Wildman–Crippen MR) is 73.3 cm³/mol. The summed E-state index contributed by atoms with van der Waals surface area (Å²) in [6.45, 7) is 3.50. The molecular weight excluding hydrogens is 230 g/mol. The summed E-state index contributed by atoms with van der Waals surface area (Å²) in [6, 6.07) is 4.97. The van der Waals surface area contributed by atoms with Gasteiger partial charge in [0.15, 0.2) is 0 Å². The van der Waals surface area contributed by atoms with Gasteiger partial charge in [-0.25, -0.2) is 0 Å². The Morgan fingerprint density at radius 1 is 1.53 bits per heavy atom. The lowest BCUT2D eigenvalue weighted by Crippen LogP contribution is -2.23. The quantitative estimate of drug-likeness (QED) is 0.697. The maximum Gasteiger partial charge on any atom is 0.0456 e. The zero-order valence-corrected chi connectivity index (χ0v) is 11.4. The van der Waals surface area contributed by atoms with Gasteiger partial charge in [0, 0.05) is 17.5 Å². The maximum absolute atomic E-state index is 8.97. The zero-order valence-electron chi connectivity index (χ0n) is 10.6. The average molecular weight is 253 g/mol. The molecule has 1 aromatic rings. The summed E-state index contributed by atoms with van der Waals surface area (Å²) in [7, 11) is 0. The van der Waals surface area contributed by atoms with Crippen LogP contribution in [-0.4, -0.2) is 18.3 Å². The van der Waals surface area contributed by atoms with Crippen molar-refractivity contribution in [1.29, 1.82) is 0 Å². The van der Waals surface area contributed by atoms with E-state index in [1.54, 1.807) is 0 Å². The van der Waals surface area contributed by atoms with Crippen LogP contribution in [0.4, 0.5) is 0 Å². The van der Waals surface area contributed by atoms with Gasteiger partial charge < -0.3 is 10.4 Å². The Labute approximate surface area is 108 Å². The summed E-state index contributed by atoms with van der Waals surface area (Å²) in [5, 5.41) is 14.8. The van der Waals surface area contributed by atoms with Crippen LogP contribution in [0, 0.1) is 11.8 Å². The summed E-state index contributed by atoms with van der Waals surface area (Å²) >= 11 is 1.87. The highest BCUT2D eigenvalue weighted by Crippen LogP contribution is 2.42. The Bertz CT molecular complexity index is 308. The van der Waals surface area contributed by atoms with Gasteiger partial charge in [0.25, 0.3) is 0 Å². The molecule has 1 aliphatic rings. The standard InChI is InChI=1S/C14H23NOS/c1-11(10-16)4-2-8-15-14(12-6-7-12)13-5-3-9-17-13/h3,5,9,11-12,14-16H,2,4,6-8,10H2,1H3. The summed E-state index contributed by atoms with van der Waals surface area (Å²) in [6.07, 6.45) is 5.03. The molecule has 0 bridgehead atoms. The molecule has 2 atom stereocenters. The molecule has 0 amide bonds. The normalized spacial score (nSPS) is 19.2. The van der Waals surface area contributed by atoms with E-state index in [1.807, 2.05) is 11.3 Å². The lowest BCUT2D eigenvalue weighted by Gasteiger charge is -2.17. The van der Waals surface area contributed by atoms with Crippen molar-refractivity contribution in [1.82, 2.24) is 5.32 Å². The minimum Gasteiger partial charge on any atom is -0.396 e. The fourth-order valence-corrected chi connectivity index (χ4v) is 3.09. The third-order valence-corrected chi connectivity index (χ3v) is 4.45. The first-order chi connectivity index (χ1) is 8.31. The van der Waals surface area contributed by atoms with Crippen LogP contribution in [0.5, 0.6) is 0 Å². The van der Waals surface area contributed by atoms with Gasteiger partial charge in [-0.15, -0.1) is 11.3 Å². The fourth-order valence-electron chi connectivity index (χ4n) is 2.20. The van der Waals surface area contributed by atoms with Crippen LogP contribution in [0.15, 0.2) is 17.5 Å². The van der Waals surface area contributed by atoms with Crippen LogP contribution in [0.1, 0.15) is 43.5 Å². The molecular formula is C14H23NOS. The third-order valence-electron chi connectivity index (χ3n) is 3.49. The number of aliphatic hydroxyl groups is 1. The molecule has 96 valence electrons. The molecule has 1 fully saturated rings. The molecule has 1 aromatic heterocycles. The molecule has 2 N–H and O–H groups in total. The molecule has 2 rings (SSSR count). The first-order valence-electron chi connectivity index (χ1n) is 6.69. The van der Waals surface area contributed by atoms with Crippen molar-refractivity contribution >= 4 is 11.3 Å². The van der Waals surface area contributed by atoms with Crippen molar-refractivity contribution in [2.75, 3.05) is 13.2 Å². The highest BCUT2D eigenvalue weighted by molar-refractivity contribution is 7.10. The predicted octanol–water partition coefficient (Wildman–Crippen LogP) is 3.20. The summed E-state index contributed by atoms with van der Waals surface area (Å²) < 4.78 is 0. The fraction of sp³-hybridized carbons (Fsp3) is 0.714. The second-order valence-corrected chi connectivity index (χ2v) is 6.19. The van der Waals surface area contributed by atoms with Gasteiger partial charge in [-0.3, -0.25) is 0 Å². The van der Waals surface area contributed by atoms with Gasteiger partial charge in [-0.05, 0) is 55.5 Å². The second kappa shape index (κ2) is 6.53. The Hall–Kier alpha value is -0.380. The van der Waals surface area contributed by atoms with Crippen molar-refractivity contribution in [2.24, 2.45) is 11.8 Å². The Balaban J connectivity index is 1.72. The average Bonchev–Trinajstić information content (AvgIpc) is 3.03. The Morgan fingerprint density at radius 3 is 2.94 bits per heavy atom. The number of hydrogen-bond acceptors (Lipinski definition) is 3. The smallest absolute Gasteiger partial charge is 0.0456 e. The van der Waals surface area contributed by atoms with Crippen LogP contribution < -0.4 is 5.32 Å². The first kappa shape index (κ1) is 13.1. The highest BCUT2D eigenvalue weighted by atomic mass is 32.1. The van der Waals surface area contributed by atoms with E-state index in [0.717, 1.165) is 25.3 Å². The molecule has 1 heterocycles. The monoisotopic (exact) mass is 253 g/mol. The van der Waals surface area contributed by atoms with E-state index in [2.05, 4.69) is 29.8 Å². The van der Waals surface area contributed by atoms with E-state index in [4.69, 9.17) is 5.11 Å². The maximum atomic E-state index is 8.97. The molecule has 0 saturated heterocycles. The van der Waals surface area contributed by atoms with Crippen molar-refractivity contribution in [3.8, 4) is 0 Å². The van der Waals surface area contributed by atoms with Gasteiger partial charge in [0.1, 0.15) is 0 Å². The first-order valence-corrected chi connectivity index (χ1v) is 7.57. The van der Waals surface area contributed by atoms with Crippen molar-refractivity contribution < 1.29 is 5.11 Å². The lowest BCUT2D eigenvalue weighted by molar-refractivity contribution is 0.227. The third kappa shape index (κ3) is 4.09. The van der Waals surface area contributed by atoms with Gasteiger partial charge in [0.2, 0.25) is 0 Å². The number of thiophene rings is 1. The van der Waals surface area contributed by atoms with Crippen LogP contribution in [0.2, 0.25) is 0 Å². The zero-order chi connectivity index (χ0) is 12.1. The molecule has 0 spiro atoms. The molecule has 0 radical (unpaired) electrons. The van der Waals surface area contributed by atoms with Gasteiger partial charge >= 0.3 is 0 Å². The Morgan fingerprint density at radius 2 is 2.35 bits per heavy atom. The van der Waals surface area contributed by atoms with Crippen molar-refractivity contribution in [3.05, 3.63) is 22.4 Å². The van der Waals surface area contributed by atoms with Crippen LogP contribution in [0.3, 0.4) is 0 Å². The molecule has 0 aromatic carbocycles. The minimum atomic E-state index is 0.316. The van der Waals surface area contributed by atoms with Crippen LogP contribution in [-0.2, 0) is 0 Å². The molecule has 17 heavy (non-hydrogen) atoms. The second-order valence-electron chi connectivity index (χ2n) is 5.21. The number of aliphatic hydroxyl groups excluding tert-OH is 1. The summed E-state index contributed by atoms with van der Waals surface area (Å²) in [5.74, 6) is 1.31. The lowest BCUT2D eigenvalue weighted by atomic mass is 10.1. The van der Waals surface area contributed by atoms with Crippen LogP contribution in [0.25, 0.3) is 0 Å². The van der Waals surface area contributed by atoms with E-state index < -0.39 is 0 Å². The number of rotatable bonds is 8. The van der Waals surface area contributed by atoms with Gasteiger partial charge in [-0.2, -0.15) is 0 Å². The van der Waals surface area contributed by atoms with Crippen LogP contribution >= 0.6 is 11.3 Å². The highest BCUT2D eigenvalue weighted by Gasteiger charge is 2.32. The Kier molecular flexibility index (Phi) is 5.01. The topological polar surface area (TPSA) is 32.3 Å². The molecule has 0 aliphatic heterocycles. The van der Waals surface area contributed by atoms with Crippen molar-refractivity contribution in [3.63, 3.8) is 0 Å². The number of hydrogen-bond donors (Lipinski definition) is 2. The van der Waals surface area contributed by atoms with Crippen molar-refractivity contribution in [2.45, 2.75) is 38.6 Å². The molecule has 2 nitrogen and oxygen atoms in total. The summed E-state index contributed by atoms with van der Waals surface area (Å²) in [4.78, 5) is 1.49. The molecule has 3 heteroatoms. The largest absolute Gasteiger partial charge is 0.396 e. The van der Waals surface area contributed by atoms with E-state index >= 15 is 0 Å². The van der Waals surface area contributed by atoms with Gasteiger partial charge in [0.05, 0.1) is 0 Å². The van der Waals surface area contributed by atoms with E-state index in [1.165, 1.54) is 17.7 Å². The number of nitrogens with one attached hydrogen (secondary N) is 1. The molecule has 1 saturated carbocycles. The minimum absolute atomic E-state index is 0.316.